The fourth-order valence-corrected chi connectivity index (χ4v) is 1.52. The third-order valence-electron chi connectivity index (χ3n) is 2.38. The van der Waals surface area contributed by atoms with Gasteiger partial charge in [0.15, 0.2) is 5.69 Å². The summed E-state index contributed by atoms with van der Waals surface area (Å²) in [6, 6.07) is 3.86. The normalized spacial score (nSPS) is 11.4. The first-order chi connectivity index (χ1) is 8.89. The number of aryl methyl sites for hydroxylation is 1. The van der Waals surface area contributed by atoms with Gasteiger partial charge < -0.3 is 5.32 Å². The molecule has 0 bridgehead atoms. The van der Waals surface area contributed by atoms with Crippen molar-refractivity contribution >= 4 is 11.6 Å². The van der Waals surface area contributed by atoms with Crippen molar-refractivity contribution in [2.45, 2.75) is 6.18 Å². The highest BCUT2D eigenvalue weighted by atomic mass is 19.4. The lowest BCUT2D eigenvalue weighted by Crippen LogP contribution is -2.20. The van der Waals surface area contributed by atoms with Crippen LogP contribution in [0.2, 0.25) is 0 Å². The van der Waals surface area contributed by atoms with Gasteiger partial charge in [0.1, 0.15) is 5.69 Å². The summed E-state index contributed by atoms with van der Waals surface area (Å²) in [5.74, 6) is -0.682. The smallest absolute Gasteiger partial charge is 0.319 e. The van der Waals surface area contributed by atoms with Crippen LogP contribution in [-0.2, 0) is 13.2 Å². The molecule has 0 aliphatic rings. The van der Waals surface area contributed by atoms with Gasteiger partial charge in [-0.05, 0) is 18.2 Å². The van der Waals surface area contributed by atoms with Crippen LogP contribution in [0.15, 0.2) is 30.6 Å². The molecule has 2 heterocycles. The number of hydrogen-bond acceptors (Lipinski definition) is 3. The van der Waals surface area contributed by atoms with E-state index in [1.54, 1.807) is 0 Å². The first-order valence-corrected chi connectivity index (χ1v) is 5.21. The Bertz CT molecular complexity index is 606. The number of halogens is 3. The van der Waals surface area contributed by atoms with Crippen LogP contribution in [0.5, 0.6) is 0 Å². The number of alkyl halides is 3. The molecule has 2 rings (SSSR count). The van der Waals surface area contributed by atoms with Crippen molar-refractivity contribution in [1.29, 1.82) is 0 Å². The number of anilines is 1. The summed E-state index contributed by atoms with van der Waals surface area (Å²) >= 11 is 0. The summed E-state index contributed by atoms with van der Waals surface area (Å²) in [4.78, 5) is 15.1. The van der Waals surface area contributed by atoms with Crippen molar-refractivity contribution < 1.29 is 18.0 Å². The second-order valence-corrected chi connectivity index (χ2v) is 3.69. The molecule has 0 saturated heterocycles. The van der Waals surface area contributed by atoms with Gasteiger partial charge in [0.2, 0.25) is 0 Å². The van der Waals surface area contributed by atoms with E-state index in [0.717, 1.165) is 12.3 Å². The van der Waals surface area contributed by atoms with E-state index in [-0.39, 0.29) is 11.4 Å². The summed E-state index contributed by atoms with van der Waals surface area (Å²) in [6.45, 7) is 0. The fraction of sp³-hybridized carbons (Fsp3) is 0.182. The molecule has 100 valence electrons. The predicted molar refractivity (Wildman–Crippen MR) is 60.4 cm³/mol. The fourth-order valence-electron chi connectivity index (χ4n) is 1.52. The quantitative estimate of drug-likeness (QED) is 0.909. The molecule has 0 aliphatic carbocycles. The number of aromatic nitrogens is 3. The summed E-state index contributed by atoms with van der Waals surface area (Å²) in [5.41, 5.74) is -1.37. The van der Waals surface area contributed by atoms with Gasteiger partial charge in [-0.15, -0.1) is 0 Å². The Morgan fingerprint density at radius 3 is 2.63 bits per heavy atom. The Morgan fingerprint density at radius 2 is 2.05 bits per heavy atom. The Labute approximate surface area is 106 Å². The Kier molecular flexibility index (Phi) is 3.24. The van der Waals surface area contributed by atoms with E-state index in [9.17, 15) is 18.0 Å². The van der Waals surface area contributed by atoms with Gasteiger partial charge in [-0.1, -0.05) is 0 Å². The second-order valence-electron chi connectivity index (χ2n) is 3.69. The monoisotopic (exact) mass is 270 g/mol. The van der Waals surface area contributed by atoms with Crippen LogP contribution in [-0.4, -0.2) is 20.7 Å². The van der Waals surface area contributed by atoms with Crippen LogP contribution in [0.4, 0.5) is 18.9 Å². The standard InChI is InChI=1S/C11H9F3N4O/c1-18-8(4-6-16-18)10(19)17-7-3-2-5-15-9(7)11(12,13)14/h2-6H,1H3,(H,17,19). The van der Waals surface area contributed by atoms with Gasteiger partial charge in [0.05, 0.1) is 5.69 Å². The van der Waals surface area contributed by atoms with Crippen molar-refractivity contribution in [2.24, 2.45) is 7.05 Å². The molecule has 5 nitrogen and oxygen atoms in total. The maximum atomic E-state index is 12.7. The highest BCUT2D eigenvalue weighted by molar-refractivity contribution is 6.03. The van der Waals surface area contributed by atoms with Crippen LogP contribution < -0.4 is 5.32 Å². The van der Waals surface area contributed by atoms with Crippen molar-refractivity contribution in [3.8, 4) is 0 Å². The molecule has 0 aliphatic heterocycles. The molecule has 0 radical (unpaired) electrons. The van der Waals surface area contributed by atoms with Crippen molar-refractivity contribution in [1.82, 2.24) is 14.8 Å². The third-order valence-corrected chi connectivity index (χ3v) is 2.38. The van der Waals surface area contributed by atoms with E-state index < -0.39 is 17.8 Å². The summed E-state index contributed by atoms with van der Waals surface area (Å²) < 4.78 is 39.3. The molecule has 19 heavy (non-hydrogen) atoms. The number of pyridine rings is 1. The molecule has 0 spiro atoms. The second kappa shape index (κ2) is 4.71. The van der Waals surface area contributed by atoms with Gasteiger partial charge >= 0.3 is 6.18 Å². The van der Waals surface area contributed by atoms with Crippen molar-refractivity contribution in [3.05, 3.63) is 42.0 Å². The molecule has 2 aromatic heterocycles. The molecule has 0 unspecified atom stereocenters. The maximum absolute atomic E-state index is 12.7. The molecule has 2 aromatic rings. The maximum Gasteiger partial charge on any atom is 0.435 e. The Balaban J connectivity index is 2.30. The number of amides is 1. The van der Waals surface area contributed by atoms with Gasteiger partial charge in [0, 0.05) is 19.4 Å². The highest BCUT2D eigenvalue weighted by Crippen LogP contribution is 2.32. The predicted octanol–water partition coefficient (Wildman–Crippen LogP) is 2.09. The minimum atomic E-state index is -4.63. The van der Waals surface area contributed by atoms with Crippen LogP contribution in [0, 0.1) is 0 Å². The Hall–Kier alpha value is -2.38. The largest absolute Gasteiger partial charge is 0.435 e. The molecular weight excluding hydrogens is 261 g/mol. The van der Waals surface area contributed by atoms with Crippen molar-refractivity contribution in [2.75, 3.05) is 5.32 Å². The van der Waals surface area contributed by atoms with Crippen LogP contribution in [0.3, 0.4) is 0 Å². The number of nitrogens with one attached hydrogen (secondary N) is 1. The van der Waals surface area contributed by atoms with Gasteiger partial charge in [-0.25, -0.2) is 4.98 Å². The molecular formula is C11H9F3N4O. The van der Waals surface area contributed by atoms with Gasteiger partial charge in [-0.3, -0.25) is 9.48 Å². The number of rotatable bonds is 2. The summed E-state index contributed by atoms with van der Waals surface area (Å²) in [6.07, 6.45) is -2.23. The molecule has 0 aromatic carbocycles. The molecule has 0 saturated carbocycles. The van der Waals surface area contributed by atoms with Crippen LogP contribution >= 0.6 is 0 Å². The molecule has 8 heteroatoms. The average Bonchev–Trinajstić information content (AvgIpc) is 2.75. The van der Waals surface area contributed by atoms with E-state index in [0.29, 0.717) is 0 Å². The molecule has 1 amide bonds. The van der Waals surface area contributed by atoms with Crippen LogP contribution in [0.25, 0.3) is 0 Å². The van der Waals surface area contributed by atoms with E-state index >= 15 is 0 Å². The first-order valence-electron chi connectivity index (χ1n) is 5.21. The number of carbonyl (C=O) groups is 1. The Morgan fingerprint density at radius 1 is 1.32 bits per heavy atom. The first kappa shape index (κ1) is 13.1. The molecule has 0 atom stereocenters. The number of carbonyl (C=O) groups excluding carboxylic acids is 1. The van der Waals surface area contributed by atoms with E-state index in [1.807, 2.05) is 0 Å². The topological polar surface area (TPSA) is 59.8 Å². The lowest BCUT2D eigenvalue weighted by atomic mass is 10.2. The third kappa shape index (κ3) is 2.72. The van der Waals surface area contributed by atoms with E-state index in [4.69, 9.17) is 0 Å². The summed E-state index contributed by atoms with van der Waals surface area (Å²) in [7, 11) is 1.52. The zero-order valence-corrected chi connectivity index (χ0v) is 9.77. The van der Waals surface area contributed by atoms with Gasteiger partial charge in [0.25, 0.3) is 5.91 Å². The lowest BCUT2D eigenvalue weighted by molar-refractivity contribution is -0.140. The molecule has 1 N–H and O–H groups in total. The van der Waals surface area contributed by atoms with E-state index in [2.05, 4.69) is 15.4 Å². The minimum absolute atomic E-state index is 0.150. The SMILES string of the molecule is Cn1nccc1C(=O)Nc1cccnc1C(F)(F)F. The number of nitrogens with zero attached hydrogens (tertiary/aromatic N) is 3. The summed E-state index contributed by atoms with van der Waals surface area (Å²) in [5, 5.41) is 5.95. The van der Waals surface area contributed by atoms with Crippen molar-refractivity contribution in [3.63, 3.8) is 0 Å². The molecule has 0 fully saturated rings. The number of hydrogen-bond donors (Lipinski definition) is 1. The van der Waals surface area contributed by atoms with Gasteiger partial charge in [-0.2, -0.15) is 18.3 Å². The zero-order valence-electron chi connectivity index (χ0n) is 9.77. The highest BCUT2D eigenvalue weighted by Gasteiger charge is 2.35. The minimum Gasteiger partial charge on any atom is -0.319 e. The zero-order chi connectivity index (χ0) is 14.0. The van der Waals surface area contributed by atoms with E-state index in [1.165, 1.54) is 30.1 Å². The average molecular weight is 270 g/mol. The lowest BCUT2D eigenvalue weighted by Gasteiger charge is -2.12. The van der Waals surface area contributed by atoms with Crippen LogP contribution in [0.1, 0.15) is 16.2 Å².